The van der Waals surface area contributed by atoms with Crippen molar-refractivity contribution in [2.45, 2.75) is 13.1 Å². The topological polar surface area (TPSA) is 30.0 Å². The highest BCUT2D eigenvalue weighted by atomic mass is 32.2. The predicted molar refractivity (Wildman–Crippen MR) is 61.4 cm³/mol. The molecule has 92 valence electrons. The Morgan fingerprint density at radius 2 is 2.24 bits per heavy atom. The van der Waals surface area contributed by atoms with Gasteiger partial charge in [0.2, 0.25) is 0 Å². The van der Waals surface area contributed by atoms with Crippen LogP contribution in [0.4, 0.5) is 13.2 Å². The highest BCUT2D eigenvalue weighted by molar-refractivity contribution is 8.13. The number of rotatable bonds is 3. The Morgan fingerprint density at radius 3 is 2.82 bits per heavy atom. The summed E-state index contributed by atoms with van der Waals surface area (Å²) in [6.45, 7) is 1.40. The third kappa shape index (κ3) is 4.60. The summed E-state index contributed by atoms with van der Waals surface area (Å²) in [5.74, 6) is 0.337. The van der Waals surface area contributed by atoms with Crippen molar-refractivity contribution < 1.29 is 18.0 Å². The SMILES string of the molecule is CC(=O)SCC=Cc1ncccc1C(F)(F)F. The van der Waals surface area contributed by atoms with Crippen LogP contribution in [0.5, 0.6) is 0 Å². The lowest BCUT2D eigenvalue weighted by molar-refractivity contribution is -0.138. The van der Waals surface area contributed by atoms with Gasteiger partial charge in [-0.3, -0.25) is 9.78 Å². The van der Waals surface area contributed by atoms with Gasteiger partial charge >= 0.3 is 6.18 Å². The number of thioether (sulfide) groups is 1. The van der Waals surface area contributed by atoms with Gasteiger partial charge in [-0.2, -0.15) is 13.2 Å². The molecule has 1 aromatic rings. The third-order valence-corrected chi connectivity index (χ3v) is 2.57. The van der Waals surface area contributed by atoms with Crippen LogP contribution in [0.1, 0.15) is 18.2 Å². The maximum atomic E-state index is 12.6. The summed E-state index contributed by atoms with van der Waals surface area (Å²) in [6, 6.07) is 2.22. The number of hydrogen-bond donors (Lipinski definition) is 0. The van der Waals surface area contributed by atoms with Gasteiger partial charge in [0, 0.05) is 18.9 Å². The summed E-state index contributed by atoms with van der Waals surface area (Å²) in [4.78, 5) is 14.3. The number of hydrogen-bond acceptors (Lipinski definition) is 3. The zero-order chi connectivity index (χ0) is 12.9. The highest BCUT2D eigenvalue weighted by Crippen LogP contribution is 2.31. The molecule has 0 saturated heterocycles. The van der Waals surface area contributed by atoms with E-state index in [0.29, 0.717) is 5.75 Å². The van der Waals surface area contributed by atoms with Crippen LogP contribution in [0.15, 0.2) is 24.4 Å². The van der Waals surface area contributed by atoms with Gasteiger partial charge in [0.1, 0.15) is 0 Å². The summed E-state index contributed by atoms with van der Waals surface area (Å²) < 4.78 is 37.7. The molecule has 0 bridgehead atoms. The highest BCUT2D eigenvalue weighted by Gasteiger charge is 2.32. The minimum Gasteiger partial charge on any atom is -0.288 e. The smallest absolute Gasteiger partial charge is 0.288 e. The molecule has 0 saturated carbocycles. The molecule has 0 spiro atoms. The van der Waals surface area contributed by atoms with E-state index >= 15 is 0 Å². The van der Waals surface area contributed by atoms with Crippen LogP contribution in [-0.2, 0) is 11.0 Å². The number of nitrogens with zero attached hydrogens (tertiary/aromatic N) is 1. The normalized spacial score (nSPS) is 12.0. The number of aromatic nitrogens is 1. The Hall–Kier alpha value is -1.30. The van der Waals surface area contributed by atoms with E-state index in [9.17, 15) is 18.0 Å². The molecule has 0 radical (unpaired) electrons. The second kappa shape index (κ2) is 5.86. The van der Waals surface area contributed by atoms with E-state index in [2.05, 4.69) is 4.98 Å². The molecule has 0 aromatic carbocycles. The molecule has 0 aliphatic carbocycles. The summed E-state index contributed by atoms with van der Waals surface area (Å²) in [5.41, 5.74) is -0.909. The van der Waals surface area contributed by atoms with Crippen molar-refractivity contribution in [2.24, 2.45) is 0 Å². The molecular formula is C11H10F3NOS. The quantitative estimate of drug-likeness (QED) is 0.835. The predicted octanol–water partition coefficient (Wildman–Crippen LogP) is 3.39. The van der Waals surface area contributed by atoms with Crippen molar-refractivity contribution in [1.82, 2.24) is 4.98 Å². The fourth-order valence-electron chi connectivity index (χ4n) is 1.12. The molecule has 0 aliphatic heterocycles. The van der Waals surface area contributed by atoms with Crippen molar-refractivity contribution in [1.29, 1.82) is 0 Å². The summed E-state index contributed by atoms with van der Waals surface area (Å²) in [6.07, 6.45) is -0.350. The molecular weight excluding hydrogens is 251 g/mol. The van der Waals surface area contributed by atoms with Gasteiger partial charge in [0.15, 0.2) is 5.12 Å². The van der Waals surface area contributed by atoms with E-state index in [1.165, 1.54) is 31.3 Å². The average molecular weight is 261 g/mol. The zero-order valence-corrected chi connectivity index (χ0v) is 9.81. The second-order valence-corrected chi connectivity index (χ2v) is 4.34. The lowest BCUT2D eigenvalue weighted by Gasteiger charge is -2.08. The molecule has 17 heavy (non-hydrogen) atoms. The summed E-state index contributed by atoms with van der Waals surface area (Å²) in [7, 11) is 0. The zero-order valence-electron chi connectivity index (χ0n) is 8.99. The largest absolute Gasteiger partial charge is 0.418 e. The first-order chi connectivity index (χ1) is 7.91. The fourth-order valence-corrected chi connectivity index (χ4v) is 1.54. The molecule has 0 amide bonds. The molecule has 0 unspecified atom stereocenters. The molecule has 0 aliphatic rings. The van der Waals surface area contributed by atoms with Crippen LogP contribution in [0.25, 0.3) is 6.08 Å². The van der Waals surface area contributed by atoms with E-state index in [0.717, 1.165) is 17.8 Å². The van der Waals surface area contributed by atoms with Crippen molar-refractivity contribution >= 4 is 23.0 Å². The van der Waals surface area contributed by atoms with E-state index < -0.39 is 11.7 Å². The minimum absolute atomic E-state index is 0.0771. The van der Waals surface area contributed by atoms with E-state index in [1.54, 1.807) is 0 Å². The van der Waals surface area contributed by atoms with Crippen LogP contribution >= 0.6 is 11.8 Å². The first-order valence-electron chi connectivity index (χ1n) is 4.73. The van der Waals surface area contributed by atoms with Crippen LogP contribution < -0.4 is 0 Å². The number of carbonyl (C=O) groups excluding carboxylic acids is 1. The fraction of sp³-hybridized carbons (Fsp3) is 0.273. The lowest BCUT2D eigenvalue weighted by atomic mass is 10.2. The van der Waals surface area contributed by atoms with Crippen molar-refractivity contribution in [3.8, 4) is 0 Å². The Bertz CT molecular complexity index is 429. The number of alkyl halides is 3. The van der Waals surface area contributed by atoms with Crippen LogP contribution in [-0.4, -0.2) is 15.9 Å². The third-order valence-electron chi connectivity index (χ3n) is 1.80. The average Bonchev–Trinajstić information content (AvgIpc) is 2.23. The number of halogens is 3. The maximum absolute atomic E-state index is 12.6. The van der Waals surface area contributed by atoms with Crippen molar-refractivity contribution in [3.05, 3.63) is 35.7 Å². The minimum atomic E-state index is -4.42. The van der Waals surface area contributed by atoms with Crippen molar-refractivity contribution in [3.63, 3.8) is 0 Å². The first kappa shape index (κ1) is 13.8. The molecule has 0 atom stereocenters. The molecule has 6 heteroatoms. The van der Waals surface area contributed by atoms with Crippen molar-refractivity contribution in [2.75, 3.05) is 5.75 Å². The Balaban J connectivity index is 2.81. The maximum Gasteiger partial charge on any atom is 0.418 e. The molecule has 0 N–H and O–H groups in total. The molecule has 1 heterocycles. The van der Waals surface area contributed by atoms with Gasteiger partial charge in [-0.25, -0.2) is 0 Å². The van der Waals surface area contributed by atoms with Gasteiger partial charge in [-0.05, 0) is 18.2 Å². The van der Waals surface area contributed by atoms with Gasteiger partial charge in [-0.1, -0.05) is 17.8 Å². The second-order valence-electron chi connectivity index (χ2n) is 3.14. The van der Waals surface area contributed by atoms with Crippen LogP contribution in [0.3, 0.4) is 0 Å². The van der Waals surface area contributed by atoms with Gasteiger partial charge in [0.05, 0.1) is 11.3 Å². The monoisotopic (exact) mass is 261 g/mol. The van der Waals surface area contributed by atoms with E-state index in [-0.39, 0.29) is 10.8 Å². The number of carbonyl (C=O) groups is 1. The Labute approximate surface area is 101 Å². The van der Waals surface area contributed by atoms with Gasteiger partial charge in [-0.15, -0.1) is 0 Å². The molecule has 0 fully saturated rings. The lowest BCUT2D eigenvalue weighted by Crippen LogP contribution is -2.08. The Kier molecular flexibility index (Phi) is 4.74. The van der Waals surface area contributed by atoms with E-state index in [4.69, 9.17) is 0 Å². The molecule has 1 rings (SSSR count). The summed E-state index contributed by atoms with van der Waals surface area (Å²) in [5, 5.41) is -0.0771. The van der Waals surface area contributed by atoms with Gasteiger partial charge < -0.3 is 0 Å². The van der Waals surface area contributed by atoms with Crippen LogP contribution in [0, 0.1) is 0 Å². The standard InChI is InChI=1S/C11H10F3NOS/c1-8(16)17-7-3-5-10-9(11(12,13)14)4-2-6-15-10/h2-6H,7H2,1H3. The molecule has 2 nitrogen and oxygen atoms in total. The number of pyridine rings is 1. The van der Waals surface area contributed by atoms with Gasteiger partial charge in [0.25, 0.3) is 0 Å². The molecule has 1 aromatic heterocycles. The summed E-state index contributed by atoms with van der Waals surface area (Å²) >= 11 is 1.03. The first-order valence-corrected chi connectivity index (χ1v) is 5.72. The Morgan fingerprint density at radius 1 is 1.53 bits per heavy atom. The van der Waals surface area contributed by atoms with Crippen LogP contribution in [0.2, 0.25) is 0 Å². The van der Waals surface area contributed by atoms with E-state index in [1.807, 2.05) is 0 Å².